The number of aryl methyl sites for hydroxylation is 1. The van der Waals surface area contributed by atoms with Crippen molar-refractivity contribution in [1.29, 1.82) is 0 Å². The SMILES string of the molecule is Cc1cc(/C(N)=N/O)cc(OCCC2CCCN2C)n1. The van der Waals surface area contributed by atoms with E-state index in [1.807, 2.05) is 6.92 Å². The van der Waals surface area contributed by atoms with Crippen LogP contribution in [-0.2, 0) is 0 Å². The van der Waals surface area contributed by atoms with E-state index in [0.717, 1.165) is 12.1 Å². The molecule has 0 saturated carbocycles. The number of amidine groups is 1. The monoisotopic (exact) mass is 278 g/mol. The smallest absolute Gasteiger partial charge is 0.214 e. The molecule has 1 atom stereocenters. The molecule has 1 aliphatic rings. The highest BCUT2D eigenvalue weighted by molar-refractivity contribution is 5.97. The lowest BCUT2D eigenvalue weighted by Crippen LogP contribution is -2.26. The molecule has 0 aliphatic carbocycles. The lowest BCUT2D eigenvalue weighted by atomic mass is 10.1. The molecule has 0 amide bonds. The second-order valence-electron chi connectivity index (χ2n) is 5.23. The van der Waals surface area contributed by atoms with Crippen molar-refractivity contribution in [3.63, 3.8) is 0 Å². The van der Waals surface area contributed by atoms with Crippen molar-refractivity contribution in [2.45, 2.75) is 32.2 Å². The van der Waals surface area contributed by atoms with Gasteiger partial charge < -0.3 is 20.6 Å². The van der Waals surface area contributed by atoms with Gasteiger partial charge in [0.1, 0.15) is 0 Å². The summed E-state index contributed by atoms with van der Waals surface area (Å²) in [5.74, 6) is 0.586. The van der Waals surface area contributed by atoms with Crippen molar-refractivity contribution < 1.29 is 9.94 Å². The molecule has 2 rings (SSSR count). The van der Waals surface area contributed by atoms with Crippen molar-refractivity contribution in [3.05, 3.63) is 23.4 Å². The zero-order chi connectivity index (χ0) is 14.5. The van der Waals surface area contributed by atoms with Gasteiger partial charge in [0.15, 0.2) is 5.84 Å². The summed E-state index contributed by atoms with van der Waals surface area (Å²) in [6, 6.07) is 4.05. The second-order valence-corrected chi connectivity index (χ2v) is 5.23. The normalized spacial score (nSPS) is 20.3. The summed E-state index contributed by atoms with van der Waals surface area (Å²) in [6.07, 6.45) is 3.49. The van der Waals surface area contributed by atoms with Gasteiger partial charge in [-0.1, -0.05) is 5.16 Å². The van der Waals surface area contributed by atoms with Crippen LogP contribution in [0.1, 0.15) is 30.5 Å². The Labute approximate surface area is 119 Å². The van der Waals surface area contributed by atoms with Crippen molar-refractivity contribution in [3.8, 4) is 5.88 Å². The summed E-state index contributed by atoms with van der Waals surface area (Å²) in [5.41, 5.74) is 6.99. The molecule has 1 aliphatic heterocycles. The molecule has 0 radical (unpaired) electrons. The molecule has 1 saturated heterocycles. The second kappa shape index (κ2) is 6.56. The van der Waals surface area contributed by atoms with Gasteiger partial charge in [0, 0.05) is 23.4 Å². The Morgan fingerprint density at radius 2 is 2.40 bits per heavy atom. The molecular weight excluding hydrogens is 256 g/mol. The summed E-state index contributed by atoms with van der Waals surface area (Å²) < 4.78 is 5.70. The average molecular weight is 278 g/mol. The molecule has 110 valence electrons. The van der Waals surface area contributed by atoms with Crippen LogP contribution in [0.2, 0.25) is 0 Å². The van der Waals surface area contributed by atoms with Gasteiger partial charge in [-0.05, 0) is 45.8 Å². The van der Waals surface area contributed by atoms with Crippen LogP contribution in [0.3, 0.4) is 0 Å². The van der Waals surface area contributed by atoms with Gasteiger partial charge in [-0.3, -0.25) is 0 Å². The Balaban J connectivity index is 1.94. The van der Waals surface area contributed by atoms with E-state index in [9.17, 15) is 0 Å². The predicted molar refractivity (Wildman–Crippen MR) is 77.2 cm³/mol. The third-order valence-corrected chi connectivity index (χ3v) is 3.71. The first-order valence-corrected chi connectivity index (χ1v) is 6.90. The summed E-state index contributed by atoms with van der Waals surface area (Å²) in [7, 11) is 2.15. The van der Waals surface area contributed by atoms with Crippen LogP contribution in [0.4, 0.5) is 0 Å². The third-order valence-electron chi connectivity index (χ3n) is 3.71. The van der Waals surface area contributed by atoms with Crippen LogP contribution in [0, 0.1) is 6.92 Å². The summed E-state index contributed by atoms with van der Waals surface area (Å²) >= 11 is 0. The average Bonchev–Trinajstić information content (AvgIpc) is 2.83. The number of oxime groups is 1. The molecule has 0 bridgehead atoms. The maximum absolute atomic E-state index is 8.71. The molecule has 3 N–H and O–H groups in total. The number of nitrogens with two attached hydrogens (primary N) is 1. The van der Waals surface area contributed by atoms with E-state index in [4.69, 9.17) is 15.7 Å². The van der Waals surface area contributed by atoms with Gasteiger partial charge in [-0.25, -0.2) is 4.98 Å². The van der Waals surface area contributed by atoms with E-state index in [2.05, 4.69) is 22.1 Å². The zero-order valence-electron chi connectivity index (χ0n) is 12.0. The molecule has 1 aromatic rings. The standard InChI is InChI=1S/C14H22N4O2/c1-10-8-11(14(15)17-19)9-13(16-10)20-7-5-12-4-3-6-18(12)2/h8-9,12,19H,3-7H2,1-2H3,(H2,15,17). The van der Waals surface area contributed by atoms with Crippen LogP contribution in [-0.4, -0.2) is 47.2 Å². The topological polar surface area (TPSA) is 84.0 Å². The number of ether oxygens (including phenoxy) is 1. The largest absolute Gasteiger partial charge is 0.478 e. The molecule has 6 heteroatoms. The van der Waals surface area contributed by atoms with E-state index in [-0.39, 0.29) is 5.84 Å². The van der Waals surface area contributed by atoms with Gasteiger partial charge in [-0.15, -0.1) is 0 Å². The molecule has 0 aromatic carbocycles. The first kappa shape index (κ1) is 14.6. The quantitative estimate of drug-likeness (QED) is 0.367. The Hall–Kier alpha value is -1.82. The van der Waals surface area contributed by atoms with Gasteiger partial charge in [0.2, 0.25) is 5.88 Å². The molecule has 2 heterocycles. The van der Waals surface area contributed by atoms with E-state index in [0.29, 0.717) is 24.1 Å². The predicted octanol–water partition coefficient (Wildman–Crippen LogP) is 1.35. The minimum atomic E-state index is 0.0656. The summed E-state index contributed by atoms with van der Waals surface area (Å²) in [4.78, 5) is 6.68. The highest BCUT2D eigenvalue weighted by Gasteiger charge is 2.20. The number of hydrogen-bond donors (Lipinski definition) is 2. The molecule has 1 aromatic heterocycles. The van der Waals surface area contributed by atoms with Crippen LogP contribution < -0.4 is 10.5 Å². The van der Waals surface area contributed by atoms with Crippen LogP contribution >= 0.6 is 0 Å². The van der Waals surface area contributed by atoms with Crippen molar-refractivity contribution in [1.82, 2.24) is 9.88 Å². The number of nitrogens with zero attached hydrogens (tertiary/aromatic N) is 3. The minimum Gasteiger partial charge on any atom is -0.478 e. The van der Waals surface area contributed by atoms with Crippen LogP contribution in [0.25, 0.3) is 0 Å². The maximum atomic E-state index is 8.71. The number of rotatable bonds is 5. The highest BCUT2D eigenvalue weighted by atomic mass is 16.5. The maximum Gasteiger partial charge on any atom is 0.214 e. The first-order valence-electron chi connectivity index (χ1n) is 6.90. The molecule has 1 unspecified atom stereocenters. The fourth-order valence-electron chi connectivity index (χ4n) is 2.56. The van der Waals surface area contributed by atoms with Gasteiger partial charge >= 0.3 is 0 Å². The minimum absolute atomic E-state index is 0.0656. The number of likely N-dealkylation sites (tertiary alicyclic amines) is 1. The Bertz CT molecular complexity index is 490. The lowest BCUT2D eigenvalue weighted by Gasteiger charge is -2.19. The molecule has 20 heavy (non-hydrogen) atoms. The van der Waals surface area contributed by atoms with Gasteiger partial charge in [0.05, 0.1) is 6.61 Å². The first-order chi connectivity index (χ1) is 9.60. The lowest BCUT2D eigenvalue weighted by molar-refractivity contribution is 0.228. The fraction of sp³-hybridized carbons (Fsp3) is 0.571. The molecule has 1 fully saturated rings. The third kappa shape index (κ3) is 3.60. The van der Waals surface area contributed by atoms with E-state index >= 15 is 0 Å². The van der Waals surface area contributed by atoms with Gasteiger partial charge in [-0.2, -0.15) is 0 Å². The Morgan fingerprint density at radius 3 is 3.05 bits per heavy atom. The summed E-state index contributed by atoms with van der Waals surface area (Å²) in [6.45, 7) is 3.65. The highest BCUT2D eigenvalue weighted by Crippen LogP contribution is 2.18. The number of pyridine rings is 1. The van der Waals surface area contributed by atoms with Crippen molar-refractivity contribution >= 4 is 5.84 Å². The summed E-state index contributed by atoms with van der Waals surface area (Å²) in [5, 5.41) is 11.7. The number of hydrogen-bond acceptors (Lipinski definition) is 5. The van der Waals surface area contributed by atoms with Crippen molar-refractivity contribution in [2.75, 3.05) is 20.2 Å². The van der Waals surface area contributed by atoms with Crippen LogP contribution in [0.15, 0.2) is 17.3 Å². The molecular formula is C14H22N4O2. The Kier molecular flexibility index (Phi) is 4.79. The number of aromatic nitrogens is 1. The van der Waals surface area contributed by atoms with Crippen molar-refractivity contribution in [2.24, 2.45) is 10.9 Å². The van der Waals surface area contributed by atoms with Gasteiger partial charge in [0.25, 0.3) is 0 Å². The molecule has 6 nitrogen and oxygen atoms in total. The molecule has 0 spiro atoms. The fourth-order valence-corrected chi connectivity index (χ4v) is 2.56. The Morgan fingerprint density at radius 1 is 1.60 bits per heavy atom. The van der Waals surface area contributed by atoms with E-state index in [1.54, 1.807) is 12.1 Å². The van der Waals surface area contributed by atoms with Crippen LogP contribution in [0.5, 0.6) is 5.88 Å². The van der Waals surface area contributed by atoms with E-state index < -0.39 is 0 Å². The van der Waals surface area contributed by atoms with E-state index in [1.165, 1.54) is 19.4 Å². The zero-order valence-corrected chi connectivity index (χ0v) is 12.0.